The highest BCUT2D eigenvalue weighted by molar-refractivity contribution is 6.30. The number of benzene rings is 1. The lowest BCUT2D eigenvalue weighted by Crippen LogP contribution is -2.44. The number of rotatable bonds is 4. The van der Waals surface area contributed by atoms with E-state index in [1.165, 1.54) is 0 Å². The smallest absolute Gasteiger partial charge is 0.408 e. The number of nitrogens with zero attached hydrogens (tertiary/aromatic N) is 1. The minimum absolute atomic E-state index is 0.294. The van der Waals surface area contributed by atoms with Crippen molar-refractivity contribution >= 4 is 17.7 Å². The Bertz CT molecular complexity index is 613. The van der Waals surface area contributed by atoms with Crippen LogP contribution in [0.25, 0.3) is 0 Å². The topological polar surface area (TPSA) is 71.3 Å². The summed E-state index contributed by atoms with van der Waals surface area (Å²) < 4.78 is 10.9. The van der Waals surface area contributed by atoms with E-state index in [1.54, 1.807) is 18.2 Å². The fourth-order valence-electron chi connectivity index (χ4n) is 1.91. The second kappa shape index (κ2) is 6.05. The summed E-state index contributed by atoms with van der Waals surface area (Å²) in [5, 5.41) is 12.4. The highest BCUT2D eigenvalue weighted by Crippen LogP contribution is 2.36. The van der Waals surface area contributed by atoms with Crippen molar-refractivity contribution in [3.63, 3.8) is 0 Å². The number of amides is 1. The Labute approximate surface area is 135 Å². The number of halogens is 1. The van der Waals surface area contributed by atoms with Crippen LogP contribution in [-0.2, 0) is 4.74 Å². The van der Waals surface area contributed by atoms with E-state index in [-0.39, 0.29) is 0 Å². The molecule has 1 aromatic carbocycles. The van der Waals surface area contributed by atoms with Crippen molar-refractivity contribution in [2.24, 2.45) is 0 Å². The van der Waals surface area contributed by atoms with Crippen LogP contribution in [0.4, 0.5) is 4.79 Å². The zero-order valence-electron chi connectivity index (χ0n) is 12.9. The molecule has 1 fully saturated rings. The average molecular weight is 323 g/mol. The molecule has 1 aliphatic carbocycles. The Hall–Kier alpha value is -1.93. The number of carbonyl (C=O) groups is 1. The molecule has 0 saturated heterocycles. The van der Waals surface area contributed by atoms with Crippen molar-refractivity contribution in [3.8, 4) is 11.8 Å². The van der Waals surface area contributed by atoms with Gasteiger partial charge in [0.05, 0.1) is 11.1 Å². The SMILES string of the molecule is CC(C)(C)OC(=O)NC1(COc2ccc(Cl)cc2C#N)CC1. The first-order valence-electron chi connectivity index (χ1n) is 7.07. The summed E-state index contributed by atoms with van der Waals surface area (Å²) in [5.74, 6) is 0.462. The molecule has 0 atom stereocenters. The van der Waals surface area contributed by atoms with Gasteiger partial charge in [-0.05, 0) is 51.8 Å². The molecule has 0 radical (unpaired) electrons. The van der Waals surface area contributed by atoms with Crippen LogP contribution in [0.1, 0.15) is 39.2 Å². The van der Waals surface area contributed by atoms with Crippen LogP contribution in [0.5, 0.6) is 5.75 Å². The molecular formula is C16H19ClN2O3. The Kier molecular flexibility index (Phi) is 4.52. The lowest BCUT2D eigenvalue weighted by atomic mass is 10.2. The van der Waals surface area contributed by atoms with Crippen molar-refractivity contribution in [1.82, 2.24) is 5.32 Å². The van der Waals surface area contributed by atoms with E-state index in [0.29, 0.717) is 22.9 Å². The summed E-state index contributed by atoms with van der Waals surface area (Å²) in [6.07, 6.45) is 1.19. The number of nitriles is 1. The number of nitrogens with one attached hydrogen (secondary N) is 1. The summed E-state index contributed by atoms with van der Waals surface area (Å²) in [5.41, 5.74) is -0.569. The van der Waals surface area contributed by atoms with Crippen LogP contribution in [0.15, 0.2) is 18.2 Å². The predicted octanol–water partition coefficient (Wildman–Crippen LogP) is 3.65. The largest absolute Gasteiger partial charge is 0.490 e. The quantitative estimate of drug-likeness (QED) is 0.918. The third kappa shape index (κ3) is 4.54. The van der Waals surface area contributed by atoms with E-state index in [9.17, 15) is 4.79 Å². The Morgan fingerprint density at radius 2 is 2.14 bits per heavy atom. The van der Waals surface area contributed by atoms with Crippen molar-refractivity contribution in [3.05, 3.63) is 28.8 Å². The molecule has 0 aliphatic heterocycles. The maximum Gasteiger partial charge on any atom is 0.408 e. The van der Waals surface area contributed by atoms with Crippen LogP contribution < -0.4 is 10.1 Å². The fraction of sp³-hybridized carbons (Fsp3) is 0.500. The van der Waals surface area contributed by atoms with Crippen LogP contribution in [0.2, 0.25) is 5.02 Å². The molecule has 5 nitrogen and oxygen atoms in total. The van der Waals surface area contributed by atoms with Gasteiger partial charge >= 0.3 is 6.09 Å². The van der Waals surface area contributed by atoms with E-state index in [1.807, 2.05) is 26.8 Å². The van der Waals surface area contributed by atoms with Gasteiger partial charge in [-0.15, -0.1) is 0 Å². The number of hydrogen-bond donors (Lipinski definition) is 1. The second-order valence-electron chi connectivity index (χ2n) is 6.45. The molecule has 0 heterocycles. The maximum absolute atomic E-state index is 11.8. The molecule has 22 heavy (non-hydrogen) atoms. The molecule has 1 amide bonds. The monoisotopic (exact) mass is 322 g/mol. The molecular weight excluding hydrogens is 304 g/mol. The van der Waals surface area contributed by atoms with Crippen molar-refractivity contribution in [2.75, 3.05) is 6.61 Å². The number of hydrogen-bond acceptors (Lipinski definition) is 4. The fourth-order valence-corrected chi connectivity index (χ4v) is 2.08. The third-order valence-electron chi connectivity index (χ3n) is 3.19. The lowest BCUT2D eigenvalue weighted by molar-refractivity contribution is 0.0477. The Balaban J connectivity index is 1.94. The van der Waals surface area contributed by atoms with Crippen LogP contribution in [0, 0.1) is 11.3 Å². The molecule has 0 unspecified atom stereocenters. The average Bonchev–Trinajstić information content (AvgIpc) is 3.14. The lowest BCUT2D eigenvalue weighted by Gasteiger charge is -2.23. The van der Waals surface area contributed by atoms with Crippen molar-refractivity contribution in [2.45, 2.75) is 44.8 Å². The van der Waals surface area contributed by atoms with E-state index < -0.39 is 17.2 Å². The van der Waals surface area contributed by atoms with Gasteiger partial charge in [0.2, 0.25) is 0 Å². The zero-order valence-corrected chi connectivity index (χ0v) is 13.7. The molecule has 0 bridgehead atoms. The van der Waals surface area contributed by atoms with Gasteiger partial charge in [-0.1, -0.05) is 11.6 Å². The summed E-state index contributed by atoms with van der Waals surface area (Å²) in [7, 11) is 0. The zero-order chi connectivity index (χ0) is 16.4. The Morgan fingerprint density at radius 3 is 2.68 bits per heavy atom. The maximum atomic E-state index is 11.8. The van der Waals surface area contributed by atoms with Gasteiger partial charge in [0.1, 0.15) is 24.0 Å². The van der Waals surface area contributed by atoms with Gasteiger partial charge in [0.15, 0.2) is 0 Å². The minimum atomic E-state index is -0.537. The van der Waals surface area contributed by atoms with E-state index in [2.05, 4.69) is 5.32 Å². The number of carbonyl (C=O) groups excluding carboxylic acids is 1. The first kappa shape index (κ1) is 16.4. The van der Waals surface area contributed by atoms with Gasteiger partial charge in [-0.25, -0.2) is 4.79 Å². The highest BCUT2D eigenvalue weighted by atomic mass is 35.5. The van der Waals surface area contributed by atoms with E-state index >= 15 is 0 Å². The molecule has 1 N–H and O–H groups in total. The summed E-state index contributed by atoms with van der Waals surface area (Å²) >= 11 is 5.85. The van der Waals surface area contributed by atoms with Gasteiger partial charge in [-0.3, -0.25) is 0 Å². The standard InChI is InChI=1S/C16H19ClN2O3/c1-15(2,3)22-14(20)19-16(6-7-16)10-21-13-5-4-12(17)8-11(13)9-18/h4-5,8H,6-7,10H2,1-3H3,(H,19,20). The molecule has 1 aliphatic rings. The van der Waals surface area contributed by atoms with Crippen LogP contribution >= 0.6 is 11.6 Å². The third-order valence-corrected chi connectivity index (χ3v) is 3.42. The molecule has 1 aromatic rings. The predicted molar refractivity (Wildman–Crippen MR) is 83.0 cm³/mol. The van der Waals surface area contributed by atoms with Gasteiger partial charge in [0, 0.05) is 5.02 Å². The second-order valence-corrected chi connectivity index (χ2v) is 6.88. The summed E-state index contributed by atoms with van der Waals surface area (Å²) in [4.78, 5) is 11.8. The molecule has 6 heteroatoms. The summed E-state index contributed by atoms with van der Waals surface area (Å²) in [6.45, 7) is 5.74. The van der Waals surface area contributed by atoms with E-state index in [4.69, 9.17) is 26.3 Å². The van der Waals surface area contributed by atoms with Crippen molar-refractivity contribution < 1.29 is 14.3 Å². The molecule has 0 spiro atoms. The van der Waals surface area contributed by atoms with E-state index in [0.717, 1.165) is 12.8 Å². The molecule has 0 aromatic heterocycles. The first-order valence-corrected chi connectivity index (χ1v) is 7.44. The highest BCUT2D eigenvalue weighted by Gasteiger charge is 2.46. The number of ether oxygens (including phenoxy) is 2. The van der Waals surface area contributed by atoms with Crippen molar-refractivity contribution in [1.29, 1.82) is 5.26 Å². The minimum Gasteiger partial charge on any atom is -0.490 e. The molecule has 2 rings (SSSR count). The van der Waals surface area contributed by atoms with Gasteiger partial charge < -0.3 is 14.8 Å². The van der Waals surface area contributed by atoms with Crippen LogP contribution in [0.3, 0.4) is 0 Å². The van der Waals surface area contributed by atoms with Crippen LogP contribution in [-0.4, -0.2) is 23.8 Å². The van der Waals surface area contributed by atoms with Gasteiger partial charge in [-0.2, -0.15) is 5.26 Å². The Morgan fingerprint density at radius 1 is 1.45 bits per heavy atom. The number of alkyl carbamates (subject to hydrolysis) is 1. The van der Waals surface area contributed by atoms with Gasteiger partial charge in [0.25, 0.3) is 0 Å². The molecule has 1 saturated carbocycles. The first-order chi connectivity index (χ1) is 10.2. The molecule has 118 valence electrons. The summed E-state index contributed by atoms with van der Waals surface area (Å²) in [6, 6.07) is 6.92. The normalized spacial score (nSPS) is 15.6.